The standard InChI is InChI=1S/C18H20F2N4O3/c1-10-4-13(8-22-18(10)27-9-15(19)20)7-21-17(26)14-5-11(2)23-16(6-14)24-12(3)25/h4-6,8,15H,7,9H2,1-3H3,(H,21,26)(H,23,24,25). The van der Waals surface area contributed by atoms with Crippen LogP contribution < -0.4 is 15.4 Å². The molecule has 0 aliphatic heterocycles. The number of nitrogens with one attached hydrogen (secondary N) is 2. The molecule has 2 aromatic heterocycles. The number of pyridine rings is 2. The number of halogens is 2. The van der Waals surface area contributed by atoms with E-state index in [1.54, 1.807) is 26.0 Å². The fourth-order valence-corrected chi connectivity index (χ4v) is 2.34. The van der Waals surface area contributed by atoms with Gasteiger partial charge in [0.05, 0.1) is 0 Å². The van der Waals surface area contributed by atoms with Gasteiger partial charge < -0.3 is 15.4 Å². The second kappa shape index (κ2) is 9.02. The lowest BCUT2D eigenvalue weighted by Crippen LogP contribution is -2.23. The van der Waals surface area contributed by atoms with E-state index in [0.29, 0.717) is 28.2 Å². The van der Waals surface area contributed by atoms with E-state index >= 15 is 0 Å². The molecule has 2 rings (SSSR count). The molecule has 0 atom stereocenters. The van der Waals surface area contributed by atoms with E-state index in [2.05, 4.69) is 20.6 Å². The van der Waals surface area contributed by atoms with Crippen molar-refractivity contribution in [2.24, 2.45) is 0 Å². The molecular weight excluding hydrogens is 358 g/mol. The zero-order valence-electron chi connectivity index (χ0n) is 15.2. The van der Waals surface area contributed by atoms with Gasteiger partial charge >= 0.3 is 0 Å². The van der Waals surface area contributed by atoms with Gasteiger partial charge in [0.15, 0.2) is 6.61 Å². The first kappa shape index (κ1) is 20.2. The summed E-state index contributed by atoms with van der Waals surface area (Å²) in [6.45, 7) is 4.23. The Balaban J connectivity index is 2.02. The van der Waals surface area contributed by atoms with E-state index in [-0.39, 0.29) is 24.2 Å². The van der Waals surface area contributed by atoms with Crippen LogP contribution in [0.3, 0.4) is 0 Å². The summed E-state index contributed by atoms with van der Waals surface area (Å²) in [5, 5.41) is 5.28. The molecule has 27 heavy (non-hydrogen) atoms. The van der Waals surface area contributed by atoms with Gasteiger partial charge in [0, 0.05) is 36.5 Å². The number of hydrogen-bond acceptors (Lipinski definition) is 5. The number of ether oxygens (including phenoxy) is 1. The molecule has 7 nitrogen and oxygen atoms in total. The van der Waals surface area contributed by atoms with E-state index < -0.39 is 13.0 Å². The predicted molar refractivity (Wildman–Crippen MR) is 94.9 cm³/mol. The molecule has 2 amide bonds. The highest BCUT2D eigenvalue weighted by molar-refractivity contribution is 5.96. The quantitative estimate of drug-likeness (QED) is 0.773. The van der Waals surface area contributed by atoms with Crippen LogP contribution in [-0.4, -0.2) is 34.8 Å². The van der Waals surface area contributed by atoms with Crippen molar-refractivity contribution in [2.75, 3.05) is 11.9 Å². The van der Waals surface area contributed by atoms with Crippen molar-refractivity contribution in [3.63, 3.8) is 0 Å². The Bertz CT molecular complexity index is 843. The van der Waals surface area contributed by atoms with Gasteiger partial charge in [0.2, 0.25) is 11.8 Å². The summed E-state index contributed by atoms with van der Waals surface area (Å²) in [7, 11) is 0. The molecule has 0 spiro atoms. The molecule has 9 heteroatoms. The number of rotatable bonds is 7. The van der Waals surface area contributed by atoms with Gasteiger partial charge in [-0.2, -0.15) is 0 Å². The summed E-state index contributed by atoms with van der Waals surface area (Å²) in [5.41, 5.74) is 2.23. The molecule has 0 radical (unpaired) electrons. The number of aryl methyl sites for hydroxylation is 2. The van der Waals surface area contributed by atoms with Gasteiger partial charge in [-0.3, -0.25) is 9.59 Å². The van der Waals surface area contributed by atoms with Gasteiger partial charge in [-0.05, 0) is 37.6 Å². The Labute approximate surface area is 155 Å². The molecule has 0 unspecified atom stereocenters. The van der Waals surface area contributed by atoms with Crippen LogP contribution in [0.5, 0.6) is 5.88 Å². The van der Waals surface area contributed by atoms with Gasteiger partial charge in [0.1, 0.15) is 5.82 Å². The van der Waals surface area contributed by atoms with Crippen LogP contribution in [-0.2, 0) is 11.3 Å². The molecule has 0 saturated heterocycles. The van der Waals surface area contributed by atoms with E-state index in [0.717, 1.165) is 0 Å². The van der Waals surface area contributed by atoms with Gasteiger partial charge in [-0.1, -0.05) is 0 Å². The first-order valence-electron chi connectivity index (χ1n) is 8.15. The van der Waals surface area contributed by atoms with E-state index in [4.69, 9.17) is 4.74 Å². The average Bonchev–Trinajstić information content (AvgIpc) is 2.57. The third-order valence-corrected chi connectivity index (χ3v) is 3.41. The molecular formula is C18H20F2N4O3. The number of aromatic nitrogens is 2. The predicted octanol–water partition coefficient (Wildman–Crippen LogP) is 2.63. The average molecular weight is 378 g/mol. The molecule has 0 aromatic carbocycles. The van der Waals surface area contributed by atoms with Gasteiger partial charge in [-0.25, -0.2) is 18.7 Å². The zero-order chi connectivity index (χ0) is 20.0. The summed E-state index contributed by atoms with van der Waals surface area (Å²) < 4.78 is 29.3. The van der Waals surface area contributed by atoms with Crippen molar-refractivity contribution in [2.45, 2.75) is 33.7 Å². The van der Waals surface area contributed by atoms with Crippen molar-refractivity contribution in [3.8, 4) is 5.88 Å². The first-order valence-corrected chi connectivity index (χ1v) is 8.15. The van der Waals surface area contributed by atoms with Crippen LogP contribution in [0.2, 0.25) is 0 Å². The molecule has 0 bridgehead atoms. The second-order valence-corrected chi connectivity index (χ2v) is 5.91. The molecule has 0 fully saturated rings. The van der Waals surface area contributed by atoms with E-state index in [1.165, 1.54) is 19.2 Å². The number of nitrogens with zero attached hydrogens (tertiary/aromatic N) is 2. The largest absolute Gasteiger partial charge is 0.471 e. The zero-order valence-corrected chi connectivity index (χ0v) is 15.2. The number of amides is 2. The minimum atomic E-state index is -2.57. The maximum atomic E-state index is 12.4. The monoisotopic (exact) mass is 378 g/mol. The lowest BCUT2D eigenvalue weighted by Gasteiger charge is -2.11. The fourth-order valence-electron chi connectivity index (χ4n) is 2.34. The molecule has 144 valence electrons. The lowest BCUT2D eigenvalue weighted by molar-refractivity contribution is -0.114. The summed E-state index contributed by atoms with van der Waals surface area (Å²) in [4.78, 5) is 31.6. The minimum Gasteiger partial charge on any atom is -0.471 e. The molecule has 0 aliphatic rings. The van der Waals surface area contributed by atoms with Crippen molar-refractivity contribution in [1.82, 2.24) is 15.3 Å². The van der Waals surface area contributed by atoms with Crippen LogP contribution in [0.4, 0.5) is 14.6 Å². The smallest absolute Gasteiger partial charge is 0.272 e. The van der Waals surface area contributed by atoms with Crippen LogP contribution in [0.25, 0.3) is 0 Å². The Morgan fingerprint density at radius 3 is 2.59 bits per heavy atom. The SMILES string of the molecule is CC(=O)Nc1cc(C(=O)NCc2cnc(OCC(F)F)c(C)c2)cc(C)n1. The normalized spacial score (nSPS) is 10.6. The lowest BCUT2D eigenvalue weighted by atomic mass is 10.2. The van der Waals surface area contributed by atoms with Crippen LogP contribution in [0.1, 0.15) is 34.1 Å². The topological polar surface area (TPSA) is 93.2 Å². The summed E-state index contributed by atoms with van der Waals surface area (Å²) in [6, 6.07) is 4.79. The van der Waals surface area contributed by atoms with Gasteiger partial charge in [-0.15, -0.1) is 0 Å². The van der Waals surface area contributed by atoms with Crippen LogP contribution >= 0.6 is 0 Å². The Morgan fingerprint density at radius 2 is 1.96 bits per heavy atom. The Kier molecular flexibility index (Phi) is 6.75. The number of anilines is 1. The second-order valence-electron chi connectivity index (χ2n) is 5.91. The fraction of sp³-hybridized carbons (Fsp3) is 0.333. The van der Waals surface area contributed by atoms with Crippen LogP contribution in [0.15, 0.2) is 24.4 Å². The molecule has 0 saturated carbocycles. The highest BCUT2D eigenvalue weighted by Crippen LogP contribution is 2.16. The number of carbonyl (C=O) groups excluding carboxylic acids is 2. The van der Waals surface area contributed by atoms with E-state index in [1.807, 2.05) is 0 Å². The number of alkyl halides is 2. The third-order valence-electron chi connectivity index (χ3n) is 3.41. The van der Waals surface area contributed by atoms with Crippen molar-refractivity contribution in [1.29, 1.82) is 0 Å². The summed E-state index contributed by atoms with van der Waals surface area (Å²) in [5.74, 6) is -0.196. The minimum absolute atomic E-state index is 0.134. The van der Waals surface area contributed by atoms with E-state index in [9.17, 15) is 18.4 Å². The number of hydrogen-bond donors (Lipinski definition) is 2. The molecule has 0 aliphatic carbocycles. The molecule has 2 aromatic rings. The van der Waals surface area contributed by atoms with Crippen molar-refractivity contribution >= 4 is 17.6 Å². The van der Waals surface area contributed by atoms with Gasteiger partial charge in [0.25, 0.3) is 12.3 Å². The third kappa shape index (κ3) is 6.28. The Hall–Kier alpha value is -3.10. The summed E-state index contributed by atoms with van der Waals surface area (Å²) in [6.07, 6.45) is -1.12. The molecule has 2 heterocycles. The molecule has 2 N–H and O–H groups in total. The maximum Gasteiger partial charge on any atom is 0.272 e. The maximum absolute atomic E-state index is 12.4. The first-order chi connectivity index (χ1) is 12.7. The van der Waals surface area contributed by atoms with Crippen molar-refractivity contribution in [3.05, 3.63) is 46.8 Å². The summed E-state index contributed by atoms with van der Waals surface area (Å²) >= 11 is 0. The Morgan fingerprint density at radius 1 is 1.22 bits per heavy atom. The number of carbonyl (C=O) groups is 2. The van der Waals surface area contributed by atoms with Crippen molar-refractivity contribution < 1.29 is 23.1 Å². The highest BCUT2D eigenvalue weighted by Gasteiger charge is 2.11. The highest BCUT2D eigenvalue weighted by atomic mass is 19.3. The van der Waals surface area contributed by atoms with Crippen LogP contribution in [0, 0.1) is 13.8 Å².